The van der Waals surface area contributed by atoms with E-state index in [0.29, 0.717) is 31.4 Å². The van der Waals surface area contributed by atoms with Crippen LogP contribution >= 0.6 is 0 Å². The average Bonchev–Trinajstić information content (AvgIpc) is 2.93. The second kappa shape index (κ2) is 7.29. The van der Waals surface area contributed by atoms with Crippen molar-refractivity contribution in [2.45, 2.75) is 51.0 Å². The molecule has 0 amide bonds. The first kappa shape index (κ1) is 17.7. The molecule has 0 spiro atoms. The van der Waals surface area contributed by atoms with Gasteiger partial charge in [0.05, 0.1) is 24.4 Å². The highest BCUT2D eigenvalue weighted by Gasteiger charge is 2.35. The maximum Gasteiger partial charge on any atom is 0.419 e. The Bertz CT molecular complexity index is 557. The summed E-state index contributed by atoms with van der Waals surface area (Å²) in [4.78, 5) is 11.3. The van der Waals surface area contributed by atoms with Gasteiger partial charge in [0.2, 0.25) is 0 Å². The topological polar surface area (TPSA) is 35.5 Å². The second-order valence-electron chi connectivity index (χ2n) is 5.40. The van der Waals surface area contributed by atoms with Gasteiger partial charge in [0.15, 0.2) is 0 Å². The van der Waals surface area contributed by atoms with E-state index in [9.17, 15) is 22.4 Å². The van der Waals surface area contributed by atoms with E-state index >= 15 is 0 Å². The van der Waals surface area contributed by atoms with Crippen LogP contribution in [0.2, 0.25) is 0 Å². The lowest BCUT2D eigenvalue weighted by Crippen LogP contribution is -2.12. The SMILES string of the molecule is CCOC(=O)CCC1CCC(c2ccc(F)c(C(F)(F)F)c2)O1. The van der Waals surface area contributed by atoms with E-state index in [1.807, 2.05) is 0 Å². The van der Waals surface area contributed by atoms with Gasteiger partial charge in [0, 0.05) is 6.42 Å². The Hall–Kier alpha value is -1.63. The van der Waals surface area contributed by atoms with Crippen LogP contribution < -0.4 is 0 Å². The second-order valence-corrected chi connectivity index (χ2v) is 5.40. The third kappa shape index (κ3) is 4.67. The Morgan fingerprint density at radius 3 is 2.74 bits per heavy atom. The van der Waals surface area contributed by atoms with Gasteiger partial charge in [-0.2, -0.15) is 13.2 Å². The number of benzene rings is 1. The average molecular weight is 334 g/mol. The number of esters is 1. The van der Waals surface area contributed by atoms with Crippen LogP contribution in [0.1, 0.15) is 49.8 Å². The zero-order valence-corrected chi connectivity index (χ0v) is 12.7. The number of hydrogen-bond acceptors (Lipinski definition) is 3. The lowest BCUT2D eigenvalue weighted by Gasteiger charge is -2.16. The number of halogens is 4. The molecule has 2 atom stereocenters. The molecule has 1 aromatic rings. The summed E-state index contributed by atoms with van der Waals surface area (Å²) in [6, 6.07) is 2.92. The fourth-order valence-electron chi connectivity index (χ4n) is 2.64. The fourth-order valence-corrected chi connectivity index (χ4v) is 2.64. The summed E-state index contributed by atoms with van der Waals surface area (Å²) in [5.41, 5.74) is -0.981. The molecule has 0 radical (unpaired) electrons. The fraction of sp³-hybridized carbons (Fsp3) is 0.562. The van der Waals surface area contributed by atoms with E-state index in [1.165, 1.54) is 6.07 Å². The van der Waals surface area contributed by atoms with E-state index in [4.69, 9.17) is 9.47 Å². The molecule has 1 fully saturated rings. The molecule has 0 aliphatic carbocycles. The quantitative estimate of drug-likeness (QED) is 0.591. The first-order valence-electron chi connectivity index (χ1n) is 7.49. The first-order chi connectivity index (χ1) is 10.8. The van der Waals surface area contributed by atoms with Gasteiger partial charge in [0.1, 0.15) is 5.82 Å². The summed E-state index contributed by atoms with van der Waals surface area (Å²) in [5.74, 6) is -1.61. The number of rotatable bonds is 5. The molecular weight excluding hydrogens is 316 g/mol. The molecule has 1 aliphatic heterocycles. The third-order valence-corrected chi connectivity index (χ3v) is 3.75. The van der Waals surface area contributed by atoms with Crippen molar-refractivity contribution >= 4 is 5.97 Å². The van der Waals surface area contributed by atoms with Crippen LogP contribution in [0.15, 0.2) is 18.2 Å². The monoisotopic (exact) mass is 334 g/mol. The number of carbonyl (C=O) groups excluding carboxylic acids is 1. The van der Waals surface area contributed by atoms with Crippen LogP contribution in [-0.2, 0) is 20.4 Å². The van der Waals surface area contributed by atoms with Gasteiger partial charge in [-0.3, -0.25) is 4.79 Å². The molecule has 0 aromatic heterocycles. The van der Waals surface area contributed by atoms with Crippen LogP contribution in [0.5, 0.6) is 0 Å². The number of ether oxygens (including phenoxy) is 2. The predicted octanol–water partition coefficient (Wildman–Crippen LogP) is 4.41. The van der Waals surface area contributed by atoms with Crippen molar-refractivity contribution in [3.05, 3.63) is 35.1 Å². The summed E-state index contributed by atoms with van der Waals surface area (Å²) in [7, 11) is 0. The van der Waals surface area contributed by atoms with Crippen molar-refractivity contribution < 1.29 is 31.8 Å². The smallest absolute Gasteiger partial charge is 0.419 e. The van der Waals surface area contributed by atoms with Crippen molar-refractivity contribution in [1.29, 1.82) is 0 Å². The zero-order chi connectivity index (χ0) is 17.0. The van der Waals surface area contributed by atoms with E-state index in [2.05, 4.69) is 0 Å². The van der Waals surface area contributed by atoms with Crippen LogP contribution in [-0.4, -0.2) is 18.7 Å². The van der Waals surface area contributed by atoms with Crippen molar-refractivity contribution in [3.8, 4) is 0 Å². The van der Waals surface area contributed by atoms with Crippen molar-refractivity contribution in [1.82, 2.24) is 0 Å². The molecule has 23 heavy (non-hydrogen) atoms. The van der Waals surface area contributed by atoms with E-state index in [-0.39, 0.29) is 18.5 Å². The largest absolute Gasteiger partial charge is 0.466 e. The minimum atomic E-state index is -4.73. The van der Waals surface area contributed by atoms with Gasteiger partial charge in [-0.1, -0.05) is 6.07 Å². The molecule has 1 aromatic carbocycles. The lowest BCUT2D eigenvalue weighted by molar-refractivity contribution is -0.144. The third-order valence-electron chi connectivity index (χ3n) is 3.75. The van der Waals surface area contributed by atoms with E-state index in [1.54, 1.807) is 6.92 Å². The summed E-state index contributed by atoms with van der Waals surface area (Å²) < 4.78 is 62.0. The van der Waals surface area contributed by atoms with Crippen LogP contribution in [0.3, 0.4) is 0 Å². The van der Waals surface area contributed by atoms with E-state index < -0.39 is 23.7 Å². The van der Waals surface area contributed by atoms with Crippen molar-refractivity contribution in [3.63, 3.8) is 0 Å². The zero-order valence-electron chi connectivity index (χ0n) is 12.7. The molecule has 7 heteroatoms. The van der Waals surface area contributed by atoms with Gasteiger partial charge in [-0.15, -0.1) is 0 Å². The lowest BCUT2D eigenvalue weighted by atomic mass is 10.0. The molecule has 0 saturated carbocycles. The maximum absolute atomic E-state index is 13.3. The summed E-state index contributed by atoms with van der Waals surface area (Å²) >= 11 is 0. The molecule has 1 aliphatic rings. The Labute approximate surface area is 131 Å². The van der Waals surface area contributed by atoms with Gasteiger partial charge in [-0.25, -0.2) is 4.39 Å². The molecule has 0 bridgehead atoms. The summed E-state index contributed by atoms with van der Waals surface area (Å²) in [5, 5.41) is 0. The number of hydrogen-bond donors (Lipinski definition) is 0. The highest BCUT2D eigenvalue weighted by molar-refractivity contribution is 5.69. The summed E-state index contributed by atoms with van der Waals surface area (Å²) in [6.07, 6.45) is -3.60. The van der Waals surface area contributed by atoms with Crippen LogP contribution in [0.25, 0.3) is 0 Å². The Morgan fingerprint density at radius 1 is 1.35 bits per heavy atom. The predicted molar refractivity (Wildman–Crippen MR) is 74.1 cm³/mol. The Balaban J connectivity index is 1.98. The highest BCUT2D eigenvalue weighted by atomic mass is 19.4. The van der Waals surface area contributed by atoms with Crippen molar-refractivity contribution in [2.24, 2.45) is 0 Å². The molecule has 3 nitrogen and oxygen atoms in total. The molecule has 1 saturated heterocycles. The maximum atomic E-state index is 13.3. The van der Waals surface area contributed by atoms with Crippen LogP contribution in [0.4, 0.5) is 17.6 Å². The highest BCUT2D eigenvalue weighted by Crippen LogP contribution is 2.38. The molecule has 128 valence electrons. The number of alkyl halides is 3. The van der Waals surface area contributed by atoms with Crippen LogP contribution in [0, 0.1) is 5.82 Å². The molecule has 2 rings (SSSR count). The standard InChI is InChI=1S/C16H18F4O3/c1-2-22-15(21)8-5-11-4-7-14(23-11)10-3-6-13(17)12(9-10)16(18,19)20/h3,6,9,11,14H,2,4-5,7-8H2,1H3. The molecule has 0 N–H and O–H groups in total. The van der Waals surface area contributed by atoms with Gasteiger partial charge in [0.25, 0.3) is 0 Å². The summed E-state index contributed by atoms with van der Waals surface area (Å²) in [6.45, 7) is 2.02. The van der Waals surface area contributed by atoms with E-state index in [0.717, 1.165) is 12.1 Å². The van der Waals surface area contributed by atoms with Gasteiger partial charge < -0.3 is 9.47 Å². The van der Waals surface area contributed by atoms with Gasteiger partial charge >= 0.3 is 12.1 Å². The Morgan fingerprint density at radius 2 is 2.09 bits per heavy atom. The minimum Gasteiger partial charge on any atom is -0.466 e. The molecular formula is C16H18F4O3. The molecule has 1 heterocycles. The normalized spacial score (nSPS) is 21.4. The number of carbonyl (C=O) groups is 1. The molecule has 2 unspecified atom stereocenters. The Kier molecular flexibility index (Phi) is 5.62. The van der Waals surface area contributed by atoms with Crippen molar-refractivity contribution in [2.75, 3.05) is 6.61 Å². The van der Waals surface area contributed by atoms with Gasteiger partial charge in [-0.05, 0) is 43.9 Å². The minimum absolute atomic E-state index is 0.205. The first-order valence-corrected chi connectivity index (χ1v) is 7.49.